The summed E-state index contributed by atoms with van der Waals surface area (Å²) in [6.45, 7) is 6.60. The average molecular weight is 359 g/mol. The number of esters is 1. The van der Waals surface area contributed by atoms with Gasteiger partial charge in [-0.1, -0.05) is 13.8 Å². The zero-order chi connectivity index (χ0) is 19.9. The highest BCUT2D eigenvalue weighted by Crippen LogP contribution is 2.16. The number of amides is 1. The van der Waals surface area contributed by atoms with Gasteiger partial charge in [0.15, 0.2) is 6.10 Å². The number of benzene rings is 1. The van der Waals surface area contributed by atoms with Crippen molar-refractivity contribution in [3.63, 3.8) is 0 Å². The van der Waals surface area contributed by atoms with Crippen LogP contribution in [0.2, 0.25) is 0 Å². The molecular weight excluding hydrogens is 338 g/mol. The van der Waals surface area contributed by atoms with Crippen molar-refractivity contribution in [3.05, 3.63) is 46.0 Å². The fourth-order valence-corrected chi connectivity index (χ4v) is 1.80. The summed E-state index contributed by atoms with van der Waals surface area (Å²) in [5.41, 5.74) is -0.547. The fraction of sp³-hybridized carbons (Fsp3) is 0.389. The van der Waals surface area contributed by atoms with E-state index in [1.165, 1.54) is 37.3 Å². The van der Waals surface area contributed by atoms with Crippen LogP contribution in [0.4, 0.5) is 5.69 Å². The molecule has 2 atom stereocenters. The molecule has 0 aliphatic rings. The maximum absolute atomic E-state index is 12.1. The van der Waals surface area contributed by atoms with E-state index in [1.54, 1.807) is 20.8 Å². The number of hydrogen-bond acceptors (Lipinski definition) is 6. The van der Waals surface area contributed by atoms with Gasteiger partial charge in [-0.05, 0) is 43.5 Å². The molecule has 26 heavy (non-hydrogen) atoms. The quantitative estimate of drug-likeness (QED) is 0.345. The molecule has 1 amide bonds. The van der Waals surface area contributed by atoms with E-state index in [1.807, 2.05) is 6.07 Å². The Bertz CT molecular complexity index is 749. The molecule has 138 valence electrons. The zero-order valence-corrected chi connectivity index (χ0v) is 15.1. The van der Waals surface area contributed by atoms with E-state index in [0.717, 1.165) is 6.08 Å². The van der Waals surface area contributed by atoms with Crippen LogP contribution in [-0.2, 0) is 14.3 Å². The number of ether oxygens (including phenoxy) is 1. The molecule has 1 aromatic rings. The predicted molar refractivity (Wildman–Crippen MR) is 94.7 cm³/mol. The van der Waals surface area contributed by atoms with Crippen LogP contribution in [0.1, 0.15) is 33.3 Å². The zero-order valence-electron chi connectivity index (χ0n) is 15.1. The SMILES string of the molecule is CC(C)[C@](C)(C#N)NC(=O)[C@H](C)OC(=O)/C=C/c1ccc([N+](=O)[O-])cc1. The van der Waals surface area contributed by atoms with Crippen LogP contribution in [0.15, 0.2) is 30.3 Å². The fourth-order valence-electron chi connectivity index (χ4n) is 1.80. The Morgan fingerprint density at radius 1 is 1.31 bits per heavy atom. The van der Waals surface area contributed by atoms with Crippen molar-refractivity contribution in [2.24, 2.45) is 5.92 Å². The van der Waals surface area contributed by atoms with Crippen LogP contribution >= 0.6 is 0 Å². The number of carbonyl (C=O) groups excluding carboxylic acids is 2. The Hall–Kier alpha value is -3.21. The van der Waals surface area contributed by atoms with Crippen LogP contribution in [0, 0.1) is 27.4 Å². The third-order valence-electron chi connectivity index (χ3n) is 3.95. The van der Waals surface area contributed by atoms with Gasteiger partial charge in [0.2, 0.25) is 0 Å². The molecular formula is C18H21N3O5. The van der Waals surface area contributed by atoms with Gasteiger partial charge in [0.1, 0.15) is 5.54 Å². The molecule has 1 rings (SSSR count). The highest BCUT2D eigenvalue weighted by Gasteiger charge is 2.32. The summed E-state index contributed by atoms with van der Waals surface area (Å²) < 4.78 is 5.01. The van der Waals surface area contributed by atoms with Gasteiger partial charge in [-0.3, -0.25) is 14.9 Å². The van der Waals surface area contributed by atoms with Gasteiger partial charge in [-0.2, -0.15) is 5.26 Å². The van der Waals surface area contributed by atoms with E-state index >= 15 is 0 Å². The van der Waals surface area contributed by atoms with Gasteiger partial charge in [0.25, 0.3) is 11.6 Å². The molecule has 0 aliphatic heterocycles. The summed E-state index contributed by atoms with van der Waals surface area (Å²) in [7, 11) is 0. The average Bonchev–Trinajstić information content (AvgIpc) is 2.59. The molecule has 0 saturated carbocycles. The molecule has 8 nitrogen and oxygen atoms in total. The number of non-ortho nitro benzene ring substituents is 1. The number of nitro benzene ring substituents is 1. The Morgan fingerprint density at radius 3 is 2.35 bits per heavy atom. The lowest BCUT2D eigenvalue weighted by atomic mass is 9.90. The van der Waals surface area contributed by atoms with Crippen LogP contribution in [0.25, 0.3) is 6.08 Å². The Labute approximate surface area is 151 Å². The minimum absolute atomic E-state index is 0.0549. The molecule has 0 aromatic heterocycles. The molecule has 1 N–H and O–H groups in total. The maximum atomic E-state index is 12.1. The van der Waals surface area contributed by atoms with Crippen molar-refractivity contribution >= 4 is 23.6 Å². The minimum Gasteiger partial charge on any atom is -0.449 e. The van der Waals surface area contributed by atoms with Crippen LogP contribution < -0.4 is 5.32 Å². The number of nitro groups is 1. The summed E-state index contributed by atoms with van der Waals surface area (Å²) in [5, 5.41) is 22.4. The van der Waals surface area contributed by atoms with Gasteiger partial charge < -0.3 is 10.1 Å². The van der Waals surface area contributed by atoms with Gasteiger partial charge in [0.05, 0.1) is 11.0 Å². The standard InChI is InChI=1S/C18H21N3O5/c1-12(2)18(4,11-19)20-17(23)13(3)26-16(22)10-7-14-5-8-15(9-6-14)21(24)25/h5-10,12-13H,1-4H3,(H,20,23)/b10-7+/t13-,18-/m0/s1. The van der Waals surface area contributed by atoms with Gasteiger partial charge >= 0.3 is 5.97 Å². The van der Waals surface area contributed by atoms with E-state index in [4.69, 9.17) is 4.74 Å². The number of carbonyl (C=O) groups is 2. The summed E-state index contributed by atoms with van der Waals surface area (Å²) in [4.78, 5) is 34.0. The van der Waals surface area contributed by atoms with E-state index < -0.39 is 28.4 Å². The number of nitrogens with zero attached hydrogens (tertiary/aromatic N) is 2. The first kappa shape index (κ1) is 20.8. The summed E-state index contributed by atoms with van der Waals surface area (Å²) in [5.74, 6) is -1.43. The third-order valence-corrected chi connectivity index (χ3v) is 3.95. The van der Waals surface area contributed by atoms with Gasteiger partial charge in [-0.15, -0.1) is 0 Å². The second kappa shape index (κ2) is 8.76. The van der Waals surface area contributed by atoms with E-state index in [2.05, 4.69) is 5.32 Å². The highest BCUT2D eigenvalue weighted by atomic mass is 16.6. The third kappa shape index (κ3) is 5.70. The first-order valence-electron chi connectivity index (χ1n) is 7.95. The monoisotopic (exact) mass is 359 g/mol. The number of nitrogens with one attached hydrogen (secondary N) is 1. The number of nitriles is 1. The molecule has 0 saturated heterocycles. The first-order chi connectivity index (χ1) is 12.1. The van der Waals surface area contributed by atoms with Crippen LogP contribution in [0.5, 0.6) is 0 Å². The largest absolute Gasteiger partial charge is 0.449 e. The summed E-state index contributed by atoms with van der Waals surface area (Å²) in [6, 6.07) is 7.64. The van der Waals surface area contributed by atoms with Gasteiger partial charge in [0, 0.05) is 18.2 Å². The molecule has 0 spiro atoms. The van der Waals surface area contributed by atoms with Crippen LogP contribution in [-0.4, -0.2) is 28.4 Å². The smallest absolute Gasteiger partial charge is 0.331 e. The number of hydrogen-bond donors (Lipinski definition) is 1. The Kier molecular flexibility index (Phi) is 7.02. The molecule has 0 fully saturated rings. The van der Waals surface area contributed by atoms with E-state index in [-0.39, 0.29) is 11.6 Å². The number of rotatable bonds is 7. The van der Waals surface area contributed by atoms with E-state index in [9.17, 15) is 25.0 Å². The second-order valence-electron chi connectivity index (χ2n) is 6.22. The van der Waals surface area contributed by atoms with Crippen molar-refractivity contribution in [2.45, 2.75) is 39.3 Å². The maximum Gasteiger partial charge on any atom is 0.331 e. The molecule has 0 aliphatic carbocycles. The van der Waals surface area contributed by atoms with Gasteiger partial charge in [-0.25, -0.2) is 4.79 Å². The van der Waals surface area contributed by atoms with Crippen molar-refractivity contribution in [1.29, 1.82) is 5.26 Å². The van der Waals surface area contributed by atoms with Crippen molar-refractivity contribution in [1.82, 2.24) is 5.32 Å². The molecule has 0 heterocycles. The summed E-state index contributed by atoms with van der Waals surface area (Å²) >= 11 is 0. The molecule has 0 unspecified atom stereocenters. The molecule has 8 heteroatoms. The lowest BCUT2D eigenvalue weighted by molar-refractivity contribution is -0.384. The normalized spacial score (nSPS) is 14.3. The summed E-state index contributed by atoms with van der Waals surface area (Å²) in [6.07, 6.45) is 1.47. The Morgan fingerprint density at radius 2 is 1.88 bits per heavy atom. The highest BCUT2D eigenvalue weighted by molar-refractivity contribution is 5.90. The van der Waals surface area contributed by atoms with Crippen molar-refractivity contribution < 1.29 is 19.2 Å². The van der Waals surface area contributed by atoms with Crippen molar-refractivity contribution in [2.75, 3.05) is 0 Å². The molecule has 0 bridgehead atoms. The predicted octanol–water partition coefficient (Wildman–Crippen LogP) is 2.59. The van der Waals surface area contributed by atoms with Crippen molar-refractivity contribution in [3.8, 4) is 6.07 Å². The molecule has 0 radical (unpaired) electrons. The van der Waals surface area contributed by atoms with Crippen LogP contribution in [0.3, 0.4) is 0 Å². The lowest BCUT2D eigenvalue weighted by Crippen LogP contribution is -2.52. The lowest BCUT2D eigenvalue weighted by Gasteiger charge is -2.28. The second-order valence-corrected chi connectivity index (χ2v) is 6.22. The minimum atomic E-state index is -1.07. The molecule has 1 aromatic carbocycles. The topological polar surface area (TPSA) is 122 Å². The van der Waals surface area contributed by atoms with E-state index in [0.29, 0.717) is 5.56 Å². The first-order valence-corrected chi connectivity index (χ1v) is 7.95. The Balaban J connectivity index is 2.65.